The van der Waals surface area contributed by atoms with Crippen LogP contribution in [0.5, 0.6) is 0 Å². The molecule has 0 radical (unpaired) electrons. The monoisotopic (exact) mass is 907 g/mol. The van der Waals surface area contributed by atoms with Gasteiger partial charge in [0.2, 0.25) is 0 Å². The van der Waals surface area contributed by atoms with Crippen LogP contribution in [0.4, 0.5) is 0 Å². The zero-order chi connectivity index (χ0) is 50.5. The summed E-state index contributed by atoms with van der Waals surface area (Å²) >= 11 is 0. The molecule has 12 rings (SSSR count). The van der Waals surface area contributed by atoms with Gasteiger partial charge in [0.25, 0.3) is 0 Å². The summed E-state index contributed by atoms with van der Waals surface area (Å²) in [5.41, 5.74) is 3.99. The van der Waals surface area contributed by atoms with Crippen molar-refractivity contribution in [3.05, 3.63) is 217 Å². The van der Waals surface area contributed by atoms with E-state index in [-0.39, 0.29) is 0 Å². The van der Waals surface area contributed by atoms with E-state index in [1.54, 1.807) is 0 Å². The Hall–Kier alpha value is -7.02. The van der Waals surface area contributed by atoms with Gasteiger partial charge in [0.1, 0.15) is 0 Å². The van der Waals surface area contributed by atoms with Crippen LogP contribution >= 0.6 is 0 Å². The standard InChI is InChI=1S/3C19H14.6C2H6/c2*1-13-5-4-8-17-15(13)11-12-18-16-7-3-2-6-14(16)9-10-19(17)18;1-13-6-9-17-15(12-13)8-11-18-16-5-3-2-4-14(16)7-10-19(17)18;6*1-2/h3*2-12H,1H3;6*1-2H3. The van der Waals surface area contributed by atoms with Crippen molar-refractivity contribution in [3.8, 4) is 0 Å². The van der Waals surface area contributed by atoms with Crippen LogP contribution in [0.15, 0.2) is 200 Å². The molecule has 0 aliphatic carbocycles. The Kier molecular flexibility index (Phi) is 21.9. The fourth-order valence-corrected chi connectivity index (χ4v) is 8.98. The Balaban J connectivity index is 0.000000203. The molecule has 69 heavy (non-hydrogen) atoms. The number of aryl methyl sites for hydroxylation is 3. The van der Waals surface area contributed by atoms with E-state index < -0.39 is 0 Å². The van der Waals surface area contributed by atoms with Gasteiger partial charge in [0, 0.05) is 0 Å². The van der Waals surface area contributed by atoms with Crippen molar-refractivity contribution in [2.75, 3.05) is 0 Å². The van der Waals surface area contributed by atoms with E-state index in [0.29, 0.717) is 0 Å². The fourth-order valence-electron chi connectivity index (χ4n) is 8.98. The second-order valence-corrected chi connectivity index (χ2v) is 15.4. The molecule has 0 atom stereocenters. The summed E-state index contributed by atoms with van der Waals surface area (Å²) in [7, 11) is 0. The van der Waals surface area contributed by atoms with Crippen molar-refractivity contribution in [1.29, 1.82) is 0 Å². The van der Waals surface area contributed by atoms with Gasteiger partial charge in [0.15, 0.2) is 0 Å². The topological polar surface area (TPSA) is 0 Å². The molecule has 12 aromatic rings. The lowest BCUT2D eigenvalue weighted by molar-refractivity contribution is 1.50. The molecular formula is C69H78. The Morgan fingerprint density at radius 3 is 0.768 bits per heavy atom. The Labute approximate surface area is 415 Å². The third kappa shape index (κ3) is 12.0. The van der Waals surface area contributed by atoms with Crippen LogP contribution in [-0.2, 0) is 0 Å². The lowest BCUT2D eigenvalue weighted by atomic mass is 9.95. The average molecular weight is 907 g/mol. The van der Waals surface area contributed by atoms with E-state index in [0.717, 1.165) is 0 Å². The highest BCUT2D eigenvalue weighted by Crippen LogP contribution is 2.35. The second-order valence-electron chi connectivity index (χ2n) is 15.4. The molecule has 0 fully saturated rings. The maximum absolute atomic E-state index is 2.26. The van der Waals surface area contributed by atoms with Crippen molar-refractivity contribution in [2.24, 2.45) is 0 Å². The first-order chi connectivity index (χ1) is 34.0. The first kappa shape index (κ1) is 54.6. The summed E-state index contributed by atoms with van der Waals surface area (Å²) in [5, 5.41) is 24.1. The van der Waals surface area contributed by atoms with Gasteiger partial charge in [-0.05, 0) is 129 Å². The molecule has 0 aliphatic heterocycles. The normalized spacial score (nSPS) is 9.96. The molecule has 0 amide bonds. The lowest BCUT2D eigenvalue weighted by Gasteiger charge is -2.08. The molecule has 0 N–H and O–H groups in total. The predicted octanol–water partition coefficient (Wildman–Crippen LogP) is 22.5. The Morgan fingerprint density at radius 2 is 0.406 bits per heavy atom. The maximum Gasteiger partial charge on any atom is -0.00989 e. The van der Waals surface area contributed by atoms with E-state index in [2.05, 4.69) is 221 Å². The summed E-state index contributed by atoms with van der Waals surface area (Å²) < 4.78 is 0. The van der Waals surface area contributed by atoms with Crippen LogP contribution in [0.3, 0.4) is 0 Å². The molecule has 0 heteroatoms. The van der Waals surface area contributed by atoms with Gasteiger partial charge in [-0.15, -0.1) is 0 Å². The first-order valence-electron chi connectivity index (χ1n) is 25.9. The van der Waals surface area contributed by atoms with Crippen molar-refractivity contribution in [3.63, 3.8) is 0 Å². The summed E-state index contributed by atoms with van der Waals surface area (Å²) in [6, 6.07) is 72.4. The van der Waals surface area contributed by atoms with Crippen LogP contribution in [0.1, 0.15) is 99.8 Å². The van der Waals surface area contributed by atoms with E-state index in [4.69, 9.17) is 0 Å². The zero-order valence-electron chi connectivity index (χ0n) is 44.6. The first-order valence-corrected chi connectivity index (χ1v) is 25.9. The van der Waals surface area contributed by atoms with Crippen LogP contribution < -0.4 is 0 Å². The van der Waals surface area contributed by atoms with Crippen molar-refractivity contribution in [2.45, 2.75) is 104 Å². The highest BCUT2D eigenvalue weighted by Gasteiger charge is 2.08. The van der Waals surface area contributed by atoms with E-state index in [1.165, 1.54) is 114 Å². The molecule has 0 aliphatic rings. The minimum atomic E-state index is 1.31. The third-order valence-corrected chi connectivity index (χ3v) is 11.9. The SMILES string of the molecule is CC.CC.CC.CC.CC.CC.Cc1ccc2c(ccc3c4ccccc4ccc23)c1.Cc1cccc2c1ccc1c3ccccc3ccc21.Cc1cccc2c1ccc1c3ccccc3ccc21. The molecule has 0 heterocycles. The minimum Gasteiger partial charge on any atom is -0.0683 e. The molecule has 0 aromatic heterocycles. The van der Waals surface area contributed by atoms with Gasteiger partial charge >= 0.3 is 0 Å². The van der Waals surface area contributed by atoms with Gasteiger partial charge in [-0.1, -0.05) is 289 Å². The number of hydrogen-bond acceptors (Lipinski definition) is 0. The number of hydrogen-bond donors (Lipinski definition) is 0. The third-order valence-electron chi connectivity index (χ3n) is 11.9. The molecule has 0 saturated heterocycles. The zero-order valence-corrected chi connectivity index (χ0v) is 44.6. The van der Waals surface area contributed by atoms with Crippen LogP contribution in [0.25, 0.3) is 97.0 Å². The predicted molar refractivity (Wildman–Crippen MR) is 319 cm³/mol. The second kappa shape index (κ2) is 27.7. The Bertz CT molecular complexity index is 3340. The largest absolute Gasteiger partial charge is 0.0683 e. The van der Waals surface area contributed by atoms with Gasteiger partial charge in [-0.25, -0.2) is 0 Å². The highest BCUT2D eigenvalue weighted by molar-refractivity contribution is 6.19. The van der Waals surface area contributed by atoms with Gasteiger partial charge < -0.3 is 0 Å². The number of benzene rings is 12. The van der Waals surface area contributed by atoms with Crippen molar-refractivity contribution >= 4 is 97.0 Å². The molecule has 0 spiro atoms. The summed E-state index contributed by atoms with van der Waals surface area (Å²) in [6.07, 6.45) is 0. The molecule has 0 bridgehead atoms. The summed E-state index contributed by atoms with van der Waals surface area (Å²) in [4.78, 5) is 0. The van der Waals surface area contributed by atoms with Gasteiger partial charge in [-0.3, -0.25) is 0 Å². The molecule has 0 unspecified atom stereocenters. The summed E-state index contributed by atoms with van der Waals surface area (Å²) in [5.74, 6) is 0. The van der Waals surface area contributed by atoms with Gasteiger partial charge in [0.05, 0.1) is 0 Å². The average Bonchev–Trinajstić information content (AvgIpc) is 3.44. The quantitative estimate of drug-likeness (QED) is 0.133. The van der Waals surface area contributed by atoms with E-state index >= 15 is 0 Å². The van der Waals surface area contributed by atoms with Crippen molar-refractivity contribution < 1.29 is 0 Å². The van der Waals surface area contributed by atoms with E-state index in [9.17, 15) is 0 Å². The fraction of sp³-hybridized carbons (Fsp3) is 0.217. The maximum atomic E-state index is 2.26. The van der Waals surface area contributed by atoms with Gasteiger partial charge in [-0.2, -0.15) is 0 Å². The number of fused-ring (bicyclic) bond motifs is 15. The Morgan fingerprint density at radius 1 is 0.174 bits per heavy atom. The smallest absolute Gasteiger partial charge is 0.00989 e. The minimum absolute atomic E-state index is 1.31. The molecule has 12 aromatic carbocycles. The van der Waals surface area contributed by atoms with Crippen LogP contribution in [0.2, 0.25) is 0 Å². The lowest BCUT2D eigenvalue weighted by Crippen LogP contribution is -1.82. The number of rotatable bonds is 0. The van der Waals surface area contributed by atoms with Crippen LogP contribution in [0, 0.1) is 20.8 Å². The molecule has 0 nitrogen and oxygen atoms in total. The van der Waals surface area contributed by atoms with E-state index in [1.807, 2.05) is 83.1 Å². The van der Waals surface area contributed by atoms with Crippen molar-refractivity contribution in [1.82, 2.24) is 0 Å². The molecular weight excluding hydrogens is 829 g/mol. The molecule has 354 valence electrons. The highest BCUT2D eigenvalue weighted by atomic mass is 14.1. The summed E-state index contributed by atoms with van der Waals surface area (Å²) in [6.45, 7) is 30.5. The molecule has 0 saturated carbocycles. The van der Waals surface area contributed by atoms with Crippen LogP contribution in [-0.4, -0.2) is 0 Å².